The molecule has 0 unspecified atom stereocenters. The number of rotatable bonds is 7. The molecule has 4 heterocycles. The fourth-order valence-corrected chi connectivity index (χ4v) is 5.46. The zero-order valence-electron chi connectivity index (χ0n) is 22.2. The molecule has 9 nitrogen and oxygen atoms in total. The summed E-state index contributed by atoms with van der Waals surface area (Å²) >= 11 is 0. The summed E-state index contributed by atoms with van der Waals surface area (Å²) in [5, 5.41) is 5.65. The van der Waals surface area contributed by atoms with Crippen LogP contribution in [0.3, 0.4) is 0 Å². The van der Waals surface area contributed by atoms with E-state index in [0.717, 1.165) is 54.2 Å². The highest BCUT2D eigenvalue weighted by Gasteiger charge is 2.35. The van der Waals surface area contributed by atoms with E-state index in [-0.39, 0.29) is 29.0 Å². The van der Waals surface area contributed by atoms with Crippen LogP contribution in [-0.2, 0) is 32.6 Å². The molecule has 0 N–H and O–H groups in total. The van der Waals surface area contributed by atoms with E-state index < -0.39 is 18.5 Å². The first-order chi connectivity index (χ1) is 20.2. The number of hydrogen-bond acceptors (Lipinski definition) is 7. The van der Waals surface area contributed by atoms with Crippen molar-refractivity contribution in [1.29, 1.82) is 0 Å². The van der Waals surface area contributed by atoms with Crippen molar-refractivity contribution < 1.29 is 26.7 Å². The number of imidazole rings is 1. The molecular formula is C28H23F5N8O. The predicted molar refractivity (Wildman–Crippen MR) is 140 cm³/mol. The maximum absolute atomic E-state index is 13.3. The highest BCUT2D eigenvalue weighted by atomic mass is 19.4. The number of ether oxygens (including phenoxy) is 1. The summed E-state index contributed by atoms with van der Waals surface area (Å²) in [6.45, 7) is -2.75. The van der Waals surface area contributed by atoms with Crippen LogP contribution in [0.1, 0.15) is 53.5 Å². The first-order valence-corrected chi connectivity index (χ1v) is 13.4. The average molecular weight is 583 g/mol. The predicted octanol–water partition coefficient (Wildman–Crippen LogP) is 5.72. The first kappa shape index (κ1) is 26.4. The number of aromatic nitrogens is 8. The lowest BCUT2D eigenvalue weighted by Crippen LogP contribution is -2.10. The summed E-state index contributed by atoms with van der Waals surface area (Å²) in [6, 6.07) is 7.03. The van der Waals surface area contributed by atoms with E-state index in [1.54, 1.807) is 28.9 Å². The van der Waals surface area contributed by atoms with Gasteiger partial charge in [-0.25, -0.2) is 29.6 Å². The minimum Gasteiger partial charge on any atom is -0.416 e. The topological polar surface area (TPSA) is 96.4 Å². The van der Waals surface area contributed by atoms with Crippen LogP contribution >= 0.6 is 0 Å². The molecule has 14 heteroatoms. The Hall–Kier alpha value is -4.49. The summed E-state index contributed by atoms with van der Waals surface area (Å²) in [6.07, 6.45) is 1.66. The Balaban J connectivity index is 1.27. The van der Waals surface area contributed by atoms with Gasteiger partial charge in [0.05, 0.1) is 29.0 Å². The summed E-state index contributed by atoms with van der Waals surface area (Å²) in [5.74, 6) is 0.264. The Bertz CT molecular complexity index is 1810. The highest BCUT2D eigenvalue weighted by molar-refractivity contribution is 5.84. The van der Waals surface area contributed by atoms with Crippen LogP contribution in [0.15, 0.2) is 36.8 Å². The molecule has 4 aromatic heterocycles. The molecule has 1 fully saturated rings. The second-order valence-electron chi connectivity index (χ2n) is 10.5. The maximum Gasteiger partial charge on any atom is 0.434 e. The number of nitrogens with zero attached hydrogens (tertiary/aromatic N) is 8. The van der Waals surface area contributed by atoms with Crippen molar-refractivity contribution in [3.05, 3.63) is 65.1 Å². The molecule has 2 aliphatic carbocycles. The van der Waals surface area contributed by atoms with Crippen LogP contribution in [-0.4, -0.2) is 45.9 Å². The highest BCUT2D eigenvalue weighted by Crippen LogP contribution is 2.45. The lowest BCUT2D eigenvalue weighted by atomic mass is 10.0. The number of benzene rings is 1. The molecule has 42 heavy (non-hydrogen) atoms. The number of hydrogen-bond donors (Lipinski definition) is 0. The van der Waals surface area contributed by atoms with Crippen molar-refractivity contribution in [1.82, 2.24) is 39.3 Å². The molecule has 7 rings (SSSR count). The van der Waals surface area contributed by atoms with Gasteiger partial charge in [0, 0.05) is 24.7 Å². The van der Waals surface area contributed by atoms with Gasteiger partial charge in [0.15, 0.2) is 17.2 Å². The van der Waals surface area contributed by atoms with Gasteiger partial charge >= 0.3 is 12.8 Å². The van der Waals surface area contributed by atoms with Gasteiger partial charge in [-0.2, -0.15) is 27.1 Å². The summed E-state index contributed by atoms with van der Waals surface area (Å²) in [4.78, 5) is 21.7. The van der Waals surface area contributed by atoms with Crippen molar-refractivity contribution in [2.45, 2.75) is 57.4 Å². The largest absolute Gasteiger partial charge is 0.434 e. The number of aryl methyl sites for hydroxylation is 3. The van der Waals surface area contributed by atoms with E-state index >= 15 is 0 Å². The second-order valence-corrected chi connectivity index (χ2v) is 10.5. The zero-order chi connectivity index (χ0) is 29.2. The lowest BCUT2D eigenvalue weighted by Gasteiger charge is -2.15. The van der Waals surface area contributed by atoms with Gasteiger partial charge in [0.1, 0.15) is 17.7 Å². The lowest BCUT2D eigenvalue weighted by molar-refractivity contribution is -0.140. The smallest absolute Gasteiger partial charge is 0.416 e. The third-order valence-electron chi connectivity index (χ3n) is 7.51. The molecule has 2 aliphatic rings. The van der Waals surface area contributed by atoms with Crippen LogP contribution in [0, 0.1) is 0 Å². The van der Waals surface area contributed by atoms with Gasteiger partial charge in [-0.3, -0.25) is 0 Å². The molecule has 0 saturated heterocycles. The van der Waals surface area contributed by atoms with Crippen LogP contribution in [0.2, 0.25) is 0 Å². The van der Waals surface area contributed by atoms with E-state index in [4.69, 9.17) is 19.8 Å². The quantitative estimate of drug-likeness (QED) is 0.227. The Morgan fingerprint density at radius 2 is 1.76 bits per heavy atom. The van der Waals surface area contributed by atoms with E-state index in [9.17, 15) is 22.0 Å². The Morgan fingerprint density at radius 3 is 2.45 bits per heavy atom. The minimum absolute atomic E-state index is 0.101. The summed E-state index contributed by atoms with van der Waals surface area (Å²) in [7, 11) is 1.52. The first-order valence-electron chi connectivity index (χ1n) is 13.4. The monoisotopic (exact) mass is 582 g/mol. The molecule has 1 saturated carbocycles. The maximum atomic E-state index is 13.3. The van der Waals surface area contributed by atoms with Gasteiger partial charge in [0.25, 0.3) is 0 Å². The molecule has 0 atom stereocenters. The fraction of sp³-hybridized carbons (Fsp3) is 0.357. The Kier molecular flexibility index (Phi) is 6.17. The minimum atomic E-state index is -4.53. The van der Waals surface area contributed by atoms with Gasteiger partial charge in [-0.1, -0.05) is 24.3 Å². The second kappa shape index (κ2) is 9.81. The van der Waals surface area contributed by atoms with Crippen LogP contribution in [0.5, 0.6) is 5.88 Å². The van der Waals surface area contributed by atoms with Gasteiger partial charge in [-0.05, 0) is 37.7 Å². The standard InChI is InChI=1S/C28H23F5N8O/c1-40-12-19(28(31,32)33)37-24(40)16-7-5-14(6-8-16)11-41-25-20-17(3-2-4-18(20)39-41)36-23(38-25)21-22(15-9-10-15)34-13-35-26(21)42-27(29)30/h5-8,12-13,15,27H,2-4,9-11H2,1H3. The number of alkyl halides is 5. The van der Waals surface area contributed by atoms with E-state index in [0.29, 0.717) is 29.9 Å². The van der Waals surface area contributed by atoms with Gasteiger partial charge in [-0.15, -0.1) is 0 Å². The van der Waals surface area contributed by atoms with Crippen LogP contribution in [0.25, 0.3) is 33.8 Å². The molecule has 0 aliphatic heterocycles. The molecule has 5 aromatic rings. The van der Waals surface area contributed by atoms with Crippen molar-refractivity contribution in [2.75, 3.05) is 0 Å². The SMILES string of the molecule is Cn1cc(C(F)(F)F)nc1-c1ccc(Cn2nc3c4c(nc(-c5c(OC(F)F)ncnc5C5CC5)nc42)CCC3)cc1. The van der Waals surface area contributed by atoms with Crippen LogP contribution in [0.4, 0.5) is 22.0 Å². The molecule has 0 amide bonds. The molecular weight excluding hydrogens is 559 g/mol. The van der Waals surface area contributed by atoms with E-state index in [2.05, 4.69) is 15.0 Å². The average Bonchev–Trinajstić information content (AvgIpc) is 3.63. The summed E-state index contributed by atoms with van der Waals surface area (Å²) in [5.41, 5.74) is 3.48. The Morgan fingerprint density at radius 1 is 1.00 bits per heavy atom. The molecule has 0 radical (unpaired) electrons. The molecule has 0 spiro atoms. The molecule has 1 aromatic carbocycles. The van der Waals surface area contributed by atoms with Gasteiger partial charge in [0.2, 0.25) is 5.88 Å². The summed E-state index contributed by atoms with van der Waals surface area (Å²) < 4.78 is 73.9. The Labute approximate surface area is 235 Å². The third kappa shape index (κ3) is 4.73. The van der Waals surface area contributed by atoms with Crippen molar-refractivity contribution in [3.8, 4) is 28.7 Å². The third-order valence-corrected chi connectivity index (χ3v) is 7.51. The zero-order valence-corrected chi connectivity index (χ0v) is 22.2. The molecule has 0 bridgehead atoms. The normalized spacial score (nSPS) is 15.1. The van der Waals surface area contributed by atoms with Crippen molar-refractivity contribution >= 4 is 11.0 Å². The molecule has 216 valence electrons. The van der Waals surface area contributed by atoms with E-state index in [1.165, 1.54) is 17.9 Å². The van der Waals surface area contributed by atoms with Crippen molar-refractivity contribution in [3.63, 3.8) is 0 Å². The van der Waals surface area contributed by atoms with Crippen molar-refractivity contribution in [2.24, 2.45) is 7.05 Å². The number of halogens is 5. The van der Waals surface area contributed by atoms with E-state index in [1.807, 2.05) is 0 Å². The van der Waals surface area contributed by atoms with Crippen LogP contribution < -0.4 is 4.74 Å². The fourth-order valence-electron chi connectivity index (χ4n) is 5.46. The van der Waals surface area contributed by atoms with Gasteiger partial charge < -0.3 is 9.30 Å².